The van der Waals surface area contributed by atoms with E-state index in [9.17, 15) is 25.5 Å². The molecule has 0 bridgehead atoms. The second-order valence-corrected chi connectivity index (χ2v) is 8.29. The summed E-state index contributed by atoms with van der Waals surface area (Å²) in [5.74, 6) is -1.08. The molecule has 1 aliphatic heterocycles. The van der Waals surface area contributed by atoms with Crippen LogP contribution in [0.2, 0.25) is 5.02 Å². The van der Waals surface area contributed by atoms with Crippen molar-refractivity contribution in [2.45, 2.75) is 36.6 Å². The van der Waals surface area contributed by atoms with Gasteiger partial charge in [-0.05, 0) is 53.9 Å². The van der Waals surface area contributed by atoms with Crippen molar-refractivity contribution in [1.29, 1.82) is 0 Å². The molecule has 1 fully saturated rings. The number of ether oxygens (including phenoxy) is 2. The first-order valence-corrected chi connectivity index (χ1v) is 10.7. The summed E-state index contributed by atoms with van der Waals surface area (Å²) in [6.45, 7) is -0.652. The van der Waals surface area contributed by atoms with Crippen molar-refractivity contribution >= 4 is 11.6 Å². The third kappa shape index (κ3) is 4.87. The maximum absolute atomic E-state index is 11.0. The lowest BCUT2D eigenvalue weighted by Crippen LogP contribution is -2.63. The van der Waals surface area contributed by atoms with Gasteiger partial charge in [0.1, 0.15) is 35.9 Å². The SMILES string of the molecule is OC[C@H]1O[C@](O)(c2ccc(Cl)c(Cc3ccc(Oc4cccnc4)cc3)c2)[C@H](O)[C@@H](O)[C@@H]1O. The fraction of sp³-hybridized carbons (Fsp3) is 0.292. The van der Waals surface area contributed by atoms with Gasteiger partial charge in [0, 0.05) is 16.8 Å². The average Bonchev–Trinajstić information content (AvgIpc) is 2.83. The number of rotatable bonds is 6. The van der Waals surface area contributed by atoms with Gasteiger partial charge in [0.2, 0.25) is 5.79 Å². The molecule has 2 aromatic carbocycles. The van der Waals surface area contributed by atoms with Gasteiger partial charge >= 0.3 is 0 Å². The Balaban J connectivity index is 1.55. The Kier molecular flexibility index (Phi) is 6.96. The van der Waals surface area contributed by atoms with Crippen LogP contribution in [0.15, 0.2) is 67.0 Å². The van der Waals surface area contributed by atoms with E-state index < -0.39 is 36.8 Å². The molecule has 174 valence electrons. The van der Waals surface area contributed by atoms with Gasteiger partial charge in [-0.2, -0.15) is 0 Å². The summed E-state index contributed by atoms with van der Waals surface area (Å²) in [7, 11) is 0. The molecule has 0 saturated carbocycles. The van der Waals surface area contributed by atoms with Crippen LogP contribution >= 0.6 is 11.6 Å². The summed E-state index contributed by atoms with van der Waals surface area (Å²) in [6.07, 6.45) is -2.71. The van der Waals surface area contributed by atoms with Crippen LogP contribution in [0.25, 0.3) is 0 Å². The van der Waals surface area contributed by atoms with Crippen molar-refractivity contribution in [2.75, 3.05) is 6.61 Å². The van der Waals surface area contributed by atoms with E-state index in [-0.39, 0.29) is 5.56 Å². The Morgan fingerprint density at radius 1 is 1.00 bits per heavy atom. The van der Waals surface area contributed by atoms with E-state index in [1.54, 1.807) is 36.7 Å². The maximum Gasteiger partial charge on any atom is 0.222 e. The largest absolute Gasteiger partial charge is 0.456 e. The standard InChI is InChI=1S/C24H24ClNO7/c25-19-8-5-16(24(31)23(30)22(29)21(28)20(13-27)33-24)11-15(19)10-14-3-6-17(7-4-14)32-18-2-1-9-26-12-18/h1-9,11-12,20-23,27-31H,10,13H2/t20-,21-,22+,23-,24-/m1/s1. The van der Waals surface area contributed by atoms with Crippen LogP contribution in [0, 0.1) is 0 Å². The summed E-state index contributed by atoms with van der Waals surface area (Å²) in [6, 6.07) is 15.5. The topological polar surface area (TPSA) is 132 Å². The summed E-state index contributed by atoms with van der Waals surface area (Å²) in [4.78, 5) is 4.01. The Hall–Kier alpha value is -2.56. The summed E-state index contributed by atoms with van der Waals surface area (Å²) >= 11 is 6.37. The lowest BCUT2D eigenvalue weighted by atomic mass is 9.87. The minimum absolute atomic E-state index is 0.135. The van der Waals surface area contributed by atoms with E-state index >= 15 is 0 Å². The molecule has 2 heterocycles. The van der Waals surface area contributed by atoms with Crippen LogP contribution in [0.4, 0.5) is 0 Å². The van der Waals surface area contributed by atoms with Crippen molar-refractivity contribution in [3.05, 3.63) is 88.7 Å². The third-order valence-electron chi connectivity index (χ3n) is 5.61. The molecule has 9 heteroatoms. The summed E-state index contributed by atoms with van der Waals surface area (Å²) < 4.78 is 11.1. The Labute approximate surface area is 195 Å². The molecule has 0 spiro atoms. The molecule has 4 rings (SSSR count). The van der Waals surface area contributed by atoms with Crippen LogP contribution < -0.4 is 4.74 Å². The van der Waals surface area contributed by atoms with Crippen molar-refractivity contribution in [1.82, 2.24) is 4.98 Å². The average molecular weight is 474 g/mol. The second kappa shape index (κ2) is 9.74. The van der Waals surface area contributed by atoms with Gasteiger partial charge < -0.3 is 35.0 Å². The molecule has 5 atom stereocenters. The molecule has 1 saturated heterocycles. The highest BCUT2D eigenvalue weighted by atomic mass is 35.5. The monoisotopic (exact) mass is 473 g/mol. The van der Waals surface area contributed by atoms with Gasteiger partial charge in [0.25, 0.3) is 0 Å². The molecule has 0 amide bonds. The summed E-state index contributed by atoms with van der Waals surface area (Å²) in [5, 5.41) is 51.4. The number of benzene rings is 2. The molecule has 0 radical (unpaired) electrons. The zero-order valence-electron chi connectivity index (χ0n) is 17.5. The molecule has 8 nitrogen and oxygen atoms in total. The van der Waals surface area contributed by atoms with Crippen LogP contribution in [0.1, 0.15) is 16.7 Å². The molecule has 5 N–H and O–H groups in total. The number of hydrogen-bond donors (Lipinski definition) is 5. The minimum Gasteiger partial charge on any atom is -0.456 e. The van der Waals surface area contributed by atoms with Crippen molar-refractivity contribution in [3.63, 3.8) is 0 Å². The fourth-order valence-electron chi connectivity index (χ4n) is 3.76. The lowest BCUT2D eigenvalue weighted by molar-refractivity contribution is -0.357. The van der Waals surface area contributed by atoms with Gasteiger partial charge in [0.15, 0.2) is 0 Å². The molecule has 33 heavy (non-hydrogen) atoms. The lowest BCUT2D eigenvalue weighted by Gasteiger charge is -2.45. The van der Waals surface area contributed by atoms with Gasteiger partial charge in [-0.25, -0.2) is 0 Å². The molecule has 1 aliphatic rings. The first-order valence-electron chi connectivity index (χ1n) is 10.3. The normalized spacial score (nSPS) is 27.3. The highest BCUT2D eigenvalue weighted by molar-refractivity contribution is 6.31. The summed E-state index contributed by atoms with van der Waals surface area (Å²) in [5.41, 5.74) is 1.68. The number of aliphatic hydroxyl groups is 5. The van der Waals surface area contributed by atoms with Crippen molar-refractivity contribution < 1.29 is 35.0 Å². The predicted molar refractivity (Wildman–Crippen MR) is 119 cm³/mol. The van der Waals surface area contributed by atoms with Gasteiger partial charge in [0.05, 0.1) is 12.8 Å². The maximum atomic E-state index is 11.0. The molecule has 3 aromatic rings. The molecular formula is C24H24ClNO7. The molecule has 0 unspecified atom stereocenters. The highest BCUT2D eigenvalue weighted by Crippen LogP contribution is 2.38. The molecule has 1 aromatic heterocycles. The van der Waals surface area contributed by atoms with Gasteiger partial charge in [-0.3, -0.25) is 4.98 Å². The van der Waals surface area contributed by atoms with E-state index in [0.717, 1.165) is 5.56 Å². The Morgan fingerprint density at radius 3 is 2.42 bits per heavy atom. The number of nitrogens with zero attached hydrogens (tertiary/aromatic N) is 1. The smallest absolute Gasteiger partial charge is 0.222 e. The predicted octanol–water partition coefficient (Wildman–Crippen LogP) is 1.74. The zero-order chi connectivity index (χ0) is 23.6. The fourth-order valence-corrected chi connectivity index (χ4v) is 3.95. The number of aromatic nitrogens is 1. The molecule has 0 aliphatic carbocycles. The van der Waals surface area contributed by atoms with E-state index in [2.05, 4.69) is 4.98 Å². The highest BCUT2D eigenvalue weighted by Gasteiger charge is 2.53. The first kappa shape index (κ1) is 23.6. The second-order valence-electron chi connectivity index (χ2n) is 7.88. The third-order valence-corrected chi connectivity index (χ3v) is 5.98. The van der Waals surface area contributed by atoms with E-state index in [1.807, 2.05) is 24.3 Å². The number of hydrogen-bond acceptors (Lipinski definition) is 8. The van der Waals surface area contributed by atoms with Crippen LogP contribution in [-0.4, -0.2) is 61.5 Å². The number of halogens is 1. The number of aliphatic hydroxyl groups excluding tert-OH is 4. The van der Waals surface area contributed by atoms with Crippen LogP contribution in [0.5, 0.6) is 11.5 Å². The van der Waals surface area contributed by atoms with E-state index in [1.165, 1.54) is 6.07 Å². The van der Waals surface area contributed by atoms with Crippen LogP contribution in [-0.2, 0) is 16.9 Å². The van der Waals surface area contributed by atoms with Crippen molar-refractivity contribution in [2.24, 2.45) is 0 Å². The molecular weight excluding hydrogens is 450 g/mol. The first-order chi connectivity index (χ1) is 15.8. The van der Waals surface area contributed by atoms with Gasteiger partial charge in [-0.1, -0.05) is 29.8 Å². The zero-order valence-corrected chi connectivity index (χ0v) is 18.2. The Morgan fingerprint density at radius 2 is 1.76 bits per heavy atom. The van der Waals surface area contributed by atoms with E-state index in [0.29, 0.717) is 28.5 Å². The quantitative estimate of drug-likeness (QED) is 0.365. The minimum atomic E-state index is -2.34. The van der Waals surface area contributed by atoms with Crippen molar-refractivity contribution in [3.8, 4) is 11.5 Å². The number of pyridine rings is 1. The van der Waals surface area contributed by atoms with E-state index in [4.69, 9.17) is 21.1 Å². The Bertz CT molecular complexity index is 1080. The van der Waals surface area contributed by atoms with Crippen LogP contribution in [0.3, 0.4) is 0 Å². The van der Waals surface area contributed by atoms with Gasteiger partial charge in [-0.15, -0.1) is 0 Å².